The van der Waals surface area contributed by atoms with E-state index in [4.69, 9.17) is 15.2 Å². The summed E-state index contributed by atoms with van der Waals surface area (Å²) in [6.07, 6.45) is 0. The second kappa shape index (κ2) is 6.65. The molecule has 0 atom stereocenters. The monoisotopic (exact) mass is 286 g/mol. The van der Waals surface area contributed by atoms with Gasteiger partial charge in [0.25, 0.3) is 5.91 Å². The molecule has 0 saturated heterocycles. The zero-order chi connectivity index (χ0) is 15.2. The number of benzene rings is 2. The van der Waals surface area contributed by atoms with Crippen molar-refractivity contribution in [2.75, 3.05) is 24.8 Å². The molecule has 2 aromatic rings. The fraction of sp³-hybridized carbons (Fsp3) is 0.188. The van der Waals surface area contributed by atoms with E-state index < -0.39 is 0 Å². The van der Waals surface area contributed by atoms with Crippen LogP contribution in [-0.4, -0.2) is 19.6 Å². The number of ether oxygens (including phenoxy) is 2. The molecular formula is C16H18N2O3. The highest BCUT2D eigenvalue weighted by Crippen LogP contribution is 2.24. The highest BCUT2D eigenvalue weighted by Gasteiger charge is 2.09. The van der Waals surface area contributed by atoms with E-state index in [2.05, 4.69) is 5.32 Å². The van der Waals surface area contributed by atoms with Crippen LogP contribution >= 0.6 is 0 Å². The van der Waals surface area contributed by atoms with Gasteiger partial charge in [-0.3, -0.25) is 4.79 Å². The minimum Gasteiger partial charge on any atom is -0.495 e. The van der Waals surface area contributed by atoms with Crippen molar-refractivity contribution in [1.82, 2.24) is 0 Å². The van der Waals surface area contributed by atoms with Gasteiger partial charge < -0.3 is 20.5 Å². The quantitative estimate of drug-likeness (QED) is 0.829. The lowest BCUT2D eigenvalue weighted by molar-refractivity contribution is -0.118. The topological polar surface area (TPSA) is 73.6 Å². The van der Waals surface area contributed by atoms with Gasteiger partial charge in [0.1, 0.15) is 11.5 Å². The van der Waals surface area contributed by atoms with Gasteiger partial charge in [0.15, 0.2) is 6.61 Å². The number of aryl methyl sites for hydroxylation is 1. The molecule has 0 aliphatic carbocycles. The Hall–Kier alpha value is -2.69. The van der Waals surface area contributed by atoms with E-state index in [-0.39, 0.29) is 12.5 Å². The van der Waals surface area contributed by atoms with Crippen LogP contribution in [0.4, 0.5) is 11.4 Å². The number of anilines is 2. The van der Waals surface area contributed by atoms with Crippen molar-refractivity contribution in [3.63, 3.8) is 0 Å². The molecule has 5 nitrogen and oxygen atoms in total. The van der Waals surface area contributed by atoms with Gasteiger partial charge in [-0.1, -0.05) is 18.2 Å². The Morgan fingerprint density at radius 1 is 1.19 bits per heavy atom. The average molecular weight is 286 g/mol. The first-order valence-electron chi connectivity index (χ1n) is 6.52. The number of amides is 1. The maximum absolute atomic E-state index is 11.9. The highest BCUT2D eigenvalue weighted by molar-refractivity contribution is 5.93. The minimum absolute atomic E-state index is 0.119. The second-order valence-electron chi connectivity index (χ2n) is 4.58. The zero-order valence-electron chi connectivity index (χ0n) is 12.1. The van der Waals surface area contributed by atoms with Gasteiger partial charge in [-0.2, -0.15) is 0 Å². The van der Waals surface area contributed by atoms with Crippen molar-refractivity contribution < 1.29 is 14.3 Å². The first-order valence-corrected chi connectivity index (χ1v) is 6.52. The van der Waals surface area contributed by atoms with Gasteiger partial charge in [-0.15, -0.1) is 0 Å². The summed E-state index contributed by atoms with van der Waals surface area (Å²) in [7, 11) is 1.55. The van der Waals surface area contributed by atoms with Gasteiger partial charge in [0.2, 0.25) is 0 Å². The van der Waals surface area contributed by atoms with Gasteiger partial charge in [0, 0.05) is 0 Å². The number of nitrogens with one attached hydrogen (secondary N) is 1. The second-order valence-corrected chi connectivity index (χ2v) is 4.58. The third-order valence-corrected chi connectivity index (χ3v) is 2.91. The molecule has 0 aliphatic rings. The maximum atomic E-state index is 11.9. The summed E-state index contributed by atoms with van der Waals surface area (Å²) in [5.41, 5.74) is 7.92. The van der Waals surface area contributed by atoms with Crippen LogP contribution in [0, 0.1) is 6.92 Å². The van der Waals surface area contributed by atoms with Crippen LogP contribution in [0.15, 0.2) is 42.5 Å². The SMILES string of the molecule is COc1ccccc1NC(=O)COc1cc(C)ccc1N. The maximum Gasteiger partial charge on any atom is 0.262 e. The number of methoxy groups -OCH3 is 1. The fourth-order valence-electron chi connectivity index (χ4n) is 1.84. The van der Waals surface area contributed by atoms with Gasteiger partial charge in [0.05, 0.1) is 18.5 Å². The van der Waals surface area contributed by atoms with Crippen molar-refractivity contribution in [3.8, 4) is 11.5 Å². The van der Waals surface area contributed by atoms with Crippen molar-refractivity contribution in [2.24, 2.45) is 0 Å². The molecule has 0 spiro atoms. The summed E-state index contributed by atoms with van der Waals surface area (Å²) in [5, 5.41) is 2.74. The Bertz CT molecular complexity index is 641. The molecule has 5 heteroatoms. The molecule has 0 unspecified atom stereocenters. The first-order chi connectivity index (χ1) is 10.1. The molecule has 2 aromatic carbocycles. The standard InChI is InChI=1S/C16H18N2O3/c1-11-7-8-12(17)15(9-11)21-10-16(19)18-13-5-3-4-6-14(13)20-2/h3-9H,10,17H2,1-2H3,(H,18,19). The number of nitrogens with two attached hydrogens (primary N) is 1. The summed E-state index contributed by atoms with van der Waals surface area (Å²) in [6, 6.07) is 12.6. The van der Waals surface area contributed by atoms with E-state index in [1.807, 2.05) is 25.1 Å². The number of rotatable bonds is 5. The third kappa shape index (κ3) is 3.89. The Kier molecular flexibility index (Phi) is 4.66. The van der Waals surface area contributed by atoms with Gasteiger partial charge in [-0.05, 0) is 36.8 Å². The van der Waals surface area contributed by atoms with Crippen LogP contribution in [0.3, 0.4) is 0 Å². The molecule has 0 radical (unpaired) electrons. The van der Waals surface area contributed by atoms with Gasteiger partial charge >= 0.3 is 0 Å². The summed E-state index contributed by atoms with van der Waals surface area (Å²) in [6.45, 7) is 1.81. The predicted octanol–water partition coefficient (Wildman–Crippen LogP) is 2.60. The lowest BCUT2D eigenvalue weighted by atomic mass is 10.2. The third-order valence-electron chi connectivity index (χ3n) is 2.91. The molecule has 21 heavy (non-hydrogen) atoms. The molecular weight excluding hydrogens is 268 g/mol. The smallest absolute Gasteiger partial charge is 0.262 e. The van der Waals surface area contributed by atoms with E-state index in [0.29, 0.717) is 22.9 Å². The van der Waals surface area contributed by atoms with Crippen LogP contribution < -0.4 is 20.5 Å². The number of carbonyl (C=O) groups excluding carboxylic acids is 1. The molecule has 2 rings (SSSR count). The summed E-state index contributed by atoms with van der Waals surface area (Å²) in [5.74, 6) is 0.825. The Labute approximate surface area is 123 Å². The molecule has 0 fully saturated rings. The molecule has 3 N–H and O–H groups in total. The minimum atomic E-state index is -0.277. The van der Waals surface area contributed by atoms with E-state index >= 15 is 0 Å². The molecule has 0 aromatic heterocycles. The van der Waals surface area contributed by atoms with E-state index in [1.54, 1.807) is 31.4 Å². The zero-order valence-corrected chi connectivity index (χ0v) is 12.1. The van der Waals surface area contributed by atoms with Crippen LogP contribution in [-0.2, 0) is 4.79 Å². The Morgan fingerprint density at radius 2 is 1.95 bits per heavy atom. The number of para-hydroxylation sites is 2. The molecule has 1 amide bonds. The van der Waals surface area contributed by atoms with Crippen LogP contribution in [0.1, 0.15) is 5.56 Å². The predicted molar refractivity (Wildman–Crippen MR) is 82.7 cm³/mol. The normalized spacial score (nSPS) is 10.0. The van der Waals surface area contributed by atoms with Crippen LogP contribution in [0.25, 0.3) is 0 Å². The van der Waals surface area contributed by atoms with E-state index in [0.717, 1.165) is 5.56 Å². The first kappa shape index (κ1) is 14.7. The summed E-state index contributed by atoms with van der Waals surface area (Å²) < 4.78 is 10.6. The number of hydrogen-bond acceptors (Lipinski definition) is 4. The Morgan fingerprint density at radius 3 is 2.71 bits per heavy atom. The Balaban J connectivity index is 1.97. The van der Waals surface area contributed by atoms with Crippen molar-refractivity contribution in [2.45, 2.75) is 6.92 Å². The average Bonchev–Trinajstić information content (AvgIpc) is 2.49. The summed E-state index contributed by atoms with van der Waals surface area (Å²) in [4.78, 5) is 11.9. The van der Waals surface area contributed by atoms with Crippen molar-refractivity contribution in [1.29, 1.82) is 0 Å². The molecule has 0 saturated carbocycles. The lowest BCUT2D eigenvalue weighted by Crippen LogP contribution is -2.20. The molecule has 0 heterocycles. The molecule has 110 valence electrons. The van der Waals surface area contributed by atoms with Gasteiger partial charge in [-0.25, -0.2) is 0 Å². The number of hydrogen-bond donors (Lipinski definition) is 2. The lowest BCUT2D eigenvalue weighted by Gasteiger charge is -2.12. The molecule has 0 bridgehead atoms. The van der Waals surface area contributed by atoms with Crippen molar-refractivity contribution in [3.05, 3.63) is 48.0 Å². The van der Waals surface area contributed by atoms with E-state index in [1.165, 1.54) is 0 Å². The van der Waals surface area contributed by atoms with E-state index in [9.17, 15) is 4.79 Å². The van der Waals surface area contributed by atoms with Crippen molar-refractivity contribution >= 4 is 17.3 Å². The summed E-state index contributed by atoms with van der Waals surface area (Å²) >= 11 is 0. The van der Waals surface area contributed by atoms with Crippen LogP contribution in [0.2, 0.25) is 0 Å². The number of carbonyl (C=O) groups is 1. The highest BCUT2D eigenvalue weighted by atomic mass is 16.5. The number of nitrogen functional groups attached to an aromatic ring is 1. The largest absolute Gasteiger partial charge is 0.495 e. The van der Waals surface area contributed by atoms with Crippen LogP contribution in [0.5, 0.6) is 11.5 Å². The fourth-order valence-corrected chi connectivity index (χ4v) is 1.84. The molecule has 0 aliphatic heterocycles.